The third kappa shape index (κ3) is 4.52. The van der Waals surface area contributed by atoms with Gasteiger partial charge in [-0.2, -0.15) is 0 Å². The van der Waals surface area contributed by atoms with Gasteiger partial charge in [-0.15, -0.1) is 0 Å². The second kappa shape index (κ2) is 7.70. The maximum absolute atomic E-state index is 13.8. The van der Waals surface area contributed by atoms with Crippen LogP contribution in [0.4, 0.5) is 4.39 Å². The summed E-state index contributed by atoms with van der Waals surface area (Å²) in [6, 6.07) is 3.24. The highest BCUT2D eigenvalue weighted by atomic mass is 19.1. The second-order valence-corrected chi connectivity index (χ2v) is 6.40. The van der Waals surface area contributed by atoms with Crippen molar-refractivity contribution in [2.45, 2.75) is 27.3 Å². The summed E-state index contributed by atoms with van der Waals surface area (Å²) in [5, 5.41) is 3.48. The molecule has 1 aromatic rings. The molecule has 1 aliphatic rings. The van der Waals surface area contributed by atoms with Gasteiger partial charge in [0.25, 0.3) is 0 Å². The molecule has 0 amide bonds. The van der Waals surface area contributed by atoms with Gasteiger partial charge in [0.2, 0.25) is 0 Å². The highest BCUT2D eigenvalue weighted by Crippen LogP contribution is 2.25. The number of rotatable bonds is 6. The lowest BCUT2D eigenvalue weighted by Crippen LogP contribution is -2.46. The Hall–Kier alpha value is -1.46. The van der Waals surface area contributed by atoms with Crippen LogP contribution in [0, 0.1) is 18.7 Å². The molecule has 0 saturated carbocycles. The standard InChI is InChI=1S/C17H26FN3O/c1-13(2)11-20-5-7-21(8-6-20)12-15-10-16(18)14(3)9-17(15)22-19-4/h9-10,13H,4-8,11-12H2,1-3H3. The molecular weight excluding hydrogens is 281 g/mol. The van der Waals surface area contributed by atoms with E-state index in [4.69, 9.17) is 4.84 Å². The zero-order valence-electron chi connectivity index (χ0n) is 13.8. The molecule has 2 rings (SSSR count). The Morgan fingerprint density at radius 3 is 2.45 bits per heavy atom. The topological polar surface area (TPSA) is 28.1 Å². The van der Waals surface area contributed by atoms with Gasteiger partial charge in [-0.3, -0.25) is 4.90 Å². The van der Waals surface area contributed by atoms with Crippen molar-refractivity contribution in [3.8, 4) is 5.75 Å². The van der Waals surface area contributed by atoms with Gasteiger partial charge < -0.3 is 9.74 Å². The number of aryl methyl sites for hydroxylation is 1. The van der Waals surface area contributed by atoms with Crippen LogP contribution < -0.4 is 4.84 Å². The van der Waals surface area contributed by atoms with Crippen molar-refractivity contribution in [1.29, 1.82) is 0 Å². The Labute approximate surface area is 132 Å². The first-order chi connectivity index (χ1) is 10.5. The van der Waals surface area contributed by atoms with Crippen molar-refractivity contribution < 1.29 is 9.23 Å². The van der Waals surface area contributed by atoms with E-state index >= 15 is 0 Å². The lowest BCUT2D eigenvalue weighted by Gasteiger charge is -2.35. The van der Waals surface area contributed by atoms with E-state index in [0.717, 1.165) is 38.3 Å². The SMILES string of the molecule is C=NOc1cc(C)c(F)cc1CN1CCN(CC(C)C)CC1. The highest BCUT2D eigenvalue weighted by Gasteiger charge is 2.19. The summed E-state index contributed by atoms with van der Waals surface area (Å²) in [7, 11) is 0. The van der Waals surface area contributed by atoms with E-state index in [1.807, 2.05) is 0 Å². The van der Waals surface area contributed by atoms with E-state index in [1.54, 1.807) is 19.1 Å². The monoisotopic (exact) mass is 307 g/mol. The van der Waals surface area contributed by atoms with Crippen molar-refractivity contribution in [3.63, 3.8) is 0 Å². The van der Waals surface area contributed by atoms with E-state index < -0.39 is 0 Å². The fraction of sp³-hybridized carbons (Fsp3) is 0.588. The third-order valence-corrected chi connectivity index (χ3v) is 3.99. The molecule has 1 aliphatic heterocycles. The summed E-state index contributed by atoms with van der Waals surface area (Å²) in [5.74, 6) is 1.08. The first-order valence-electron chi connectivity index (χ1n) is 7.86. The van der Waals surface area contributed by atoms with E-state index in [0.29, 0.717) is 23.8 Å². The minimum absolute atomic E-state index is 0.204. The first kappa shape index (κ1) is 16.9. The van der Waals surface area contributed by atoms with Crippen LogP contribution in [0.2, 0.25) is 0 Å². The first-order valence-corrected chi connectivity index (χ1v) is 7.86. The molecule has 0 aliphatic carbocycles. The third-order valence-electron chi connectivity index (χ3n) is 3.99. The average Bonchev–Trinajstić information content (AvgIpc) is 2.46. The number of oxime groups is 1. The van der Waals surface area contributed by atoms with Gasteiger partial charge >= 0.3 is 0 Å². The predicted octanol–water partition coefficient (Wildman–Crippen LogP) is 2.90. The largest absolute Gasteiger partial charge is 0.357 e. The minimum Gasteiger partial charge on any atom is -0.357 e. The normalized spacial score (nSPS) is 17.0. The number of nitrogens with zero attached hydrogens (tertiary/aromatic N) is 3. The molecule has 0 bridgehead atoms. The maximum atomic E-state index is 13.8. The molecule has 22 heavy (non-hydrogen) atoms. The summed E-state index contributed by atoms with van der Waals surface area (Å²) in [5.41, 5.74) is 1.39. The van der Waals surface area contributed by atoms with Gasteiger partial charge in [-0.05, 0) is 30.5 Å². The van der Waals surface area contributed by atoms with E-state index in [1.165, 1.54) is 0 Å². The number of halogens is 1. The van der Waals surface area contributed by atoms with Crippen LogP contribution in [-0.2, 0) is 6.54 Å². The van der Waals surface area contributed by atoms with Gasteiger partial charge in [0.1, 0.15) is 5.82 Å². The van der Waals surface area contributed by atoms with E-state index in [9.17, 15) is 4.39 Å². The smallest absolute Gasteiger partial charge is 0.162 e. The Morgan fingerprint density at radius 2 is 1.86 bits per heavy atom. The molecule has 1 fully saturated rings. The highest BCUT2D eigenvalue weighted by molar-refractivity contribution is 5.38. The Bertz CT molecular complexity index is 511. The van der Waals surface area contributed by atoms with Crippen LogP contribution in [0.25, 0.3) is 0 Å². The van der Waals surface area contributed by atoms with Crippen molar-refractivity contribution in [2.24, 2.45) is 11.1 Å². The molecule has 0 radical (unpaired) electrons. The summed E-state index contributed by atoms with van der Waals surface area (Å²) in [6.07, 6.45) is 0. The van der Waals surface area contributed by atoms with Crippen LogP contribution in [0.15, 0.2) is 17.3 Å². The van der Waals surface area contributed by atoms with E-state index in [-0.39, 0.29) is 5.82 Å². The summed E-state index contributed by atoms with van der Waals surface area (Å²) in [4.78, 5) is 10.0. The molecule has 0 aromatic heterocycles. The van der Waals surface area contributed by atoms with Crippen molar-refractivity contribution in [3.05, 3.63) is 29.1 Å². The molecule has 1 saturated heterocycles. The molecular formula is C17H26FN3O. The number of hydrogen-bond donors (Lipinski definition) is 0. The number of benzene rings is 1. The lowest BCUT2D eigenvalue weighted by atomic mass is 10.1. The average molecular weight is 307 g/mol. The fourth-order valence-electron chi connectivity index (χ4n) is 2.86. The molecule has 5 heteroatoms. The minimum atomic E-state index is -0.204. The molecule has 0 spiro atoms. The predicted molar refractivity (Wildman–Crippen MR) is 87.9 cm³/mol. The number of piperazine rings is 1. The molecule has 4 nitrogen and oxygen atoms in total. The van der Waals surface area contributed by atoms with Gasteiger partial charge in [0, 0.05) is 51.5 Å². The molecule has 1 aromatic carbocycles. The fourth-order valence-corrected chi connectivity index (χ4v) is 2.86. The second-order valence-electron chi connectivity index (χ2n) is 6.40. The van der Waals surface area contributed by atoms with Crippen molar-refractivity contribution in [1.82, 2.24) is 9.80 Å². The maximum Gasteiger partial charge on any atom is 0.162 e. The Morgan fingerprint density at radius 1 is 1.23 bits per heavy atom. The van der Waals surface area contributed by atoms with Crippen LogP contribution in [0.3, 0.4) is 0 Å². The molecule has 122 valence electrons. The Balaban J connectivity index is 1.99. The van der Waals surface area contributed by atoms with Crippen molar-refractivity contribution >= 4 is 6.72 Å². The van der Waals surface area contributed by atoms with Crippen LogP contribution >= 0.6 is 0 Å². The summed E-state index contributed by atoms with van der Waals surface area (Å²) < 4.78 is 13.8. The quantitative estimate of drug-likeness (QED) is 0.597. The van der Waals surface area contributed by atoms with E-state index in [2.05, 4.69) is 35.5 Å². The lowest BCUT2D eigenvalue weighted by molar-refractivity contribution is 0.116. The van der Waals surface area contributed by atoms with Gasteiger partial charge in [-0.25, -0.2) is 4.39 Å². The van der Waals surface area contributed by atoms with Crippen molar-refractivity contribution in [2.75, 3.05) is 32.7 Å². The van der Waals surface area contributed by atoms with Gasteiger partial charge in [0.05, 0.1) is 0 Å². The number of hydrogen-bond acceptors (Lipinski definition) is 4. The molecule has 1 heterocycles. The van der Waals surface area contributed by atoms with Gasteiger partial charge in [-0.1, -0.05) is 19.0 Å². The molecule has 0 unspecified atom stereocenters. The van der Waals surface area contributed by atoms with Gasteiger partial charge in [0.15, 0.2) is 5.75 Å². The summed E-state index contributed by atoms with van der Waals surface area (Å²) in [6.45, 7) is 15.5. The zero-order valence-corrected chi connectivity index (χ0v) is 13.8. The molecule has 0 atom stereocenters. The Kier molecular flexibility index (Phi) is 5.91. The van der Waals surface area contributed by atoms with Crippen LogP contribution in [0.1, 0.15) is 25.0 Å². The van der Waals surface area contributed by atoms with Crippen LogP contribution in [-0.4, -0.2) is 49.2 Å². The zero-order chi connectivity index (χ0) is 16.1. The van der Waals surface area contributed by atoms with Crippen LogP contribution in [0.5, 0.6) is 5.75 Å². The summed E-state index contributed by atoms with van der Waals surface area (Å²) >= 11 is 0. The molecule has 0 N–H and O–H groups in total.